The zero-order valence-corrected chi connectivity index (χ0v) is 56.5. The average Bonchev–Trinajstić information content (AvgIpc) is 1.56. The number of nitrogen functional groups attached to an aromatic ring is 3. The van der Waals surface area contributed by atoms with Gasteiger partial charge in [-0.3, -0.25) is 14.0 Å². The lowest BCUT2D eigenvalue weighted by atomic mass is 10.0. The van der Waals surface area contributed by atoms with E-state index in [1.165, 1.54) is 53.5 Å². The van der Waals surface area contributed by atoms with Gasteiger partial charge in [-0.05, 0) is 125 Å². The van der Waals surface area contributed by atoms with Crippen LogP contribution in [0.1, 0.15) is 89.9 Å². The first kappa shape index (κ1) is 67.6. The zero-order chi connectivity index (χ0) is 68.5. The summed E-state index contributed by atoms with van der Waals surface area (Å²) < 4.78 is 69.2. The number of hydrogen-bond donors (Lipinski definition) is 4. The second kappa shape index (κ2) is 29.8. The van der Waals surface area contributed by atoms with Gasteiger partial charge in [-0.15, -0.1) is 0 Å². The van der Waals surface area contributed by atoms with Crippen LogP contribution < -0.4 is 31.4 Å². The van der Waals surface area contributed by atoms with Crippen molar-refractivity contribution in [3.05, 3.63) is 206 Å². The van der Waals surface area contributed by atoms with Crippen LogP contribution in [0.15, 0.2) is 138 Å². The van der Waals surface area contributed by atoms with Crippen molar-refractivity contribution in [2.45, 2.75) is 57.5 Å². The number of aromatic nitrogens is 17. The smallest absolute Gasteiger partial charge is 0.258 e. The van der Waals surface area contributed by atoms with E-state index in [4.69, 9.17) is 36.7 Å². The molecule has 7 N–H and O–H groups in total. The molecule has 0 aliphatic carbocycles. The van der Waals surface area contributed by atoms with E-state index in [0.29, 0.717) is 113 Å². The van der Waals surface area contributed by atoms with E-state index in [1.807, 2.05) is 28.3 Å². The number of hydrogen-bond acceptors (Lipinski definition) is 20. The van der Waals surface area contributed by atoms with Gasteiger partial charge in [-0.1, -0.05) is 15.9 Å². The molecule has 32 heteroatoms. The average molecular weight is 1490 g/mol. The van der Waals surface area contributed by atoms with E-state index in [1.54, 1.807) is 118 Å². The van der Waals surface area contributed by atoms with E-state index in [0.717, 1.165) is 16.8 Å². The van der Waals surface area contributed by atoms with Crippen LogP contribution in [0.5, 0.6) is 17.5 Å². The van der Waals surface area contributed by atoms with E-state index in [-0.39, 0.29) is 40.8 Å². The maximum absolute atomic E-state index is 14.2. The molecule has 0 fully saturated rings. The van der Waals surface area contributed by atoms with Gasteiger partial charge in [0, 0.05) is 114 Å². The number of rotatable bonds is 11. The number of nitrogens with one attached hydrogen (secondary N) is 1. The molecule has 0 saturated heterocycles. The van der Waals surface area contributed by atoms with Crippen LogP contribution in [-0.4, -0.2) is 83.3 Å². The molecule has 3 aromatic carbocycles. The highest BCUT2D eigenvalue weighted by atomic mass is 79.9. The van der Waals surface area contributed by atoms with Gasteiger partial charge < -0.3 is 45.5 Å². The summed E-state index contributed by atoms with van der Waals surface area (Å²) in [7, 11) is 5.19. The molecule has 0 amide bonds. The highest BCUT2D eigenvalue weighted by molar-refractivity contribution is 9.10. The van der Waals surface area contributed by atoms with Gasteiger partial charge in [0.05, 0.1) is 42.6 Å². The monoisotopic (exact) mass is 1490 g/mol. The summed E-state index contributed by atoms with van der Waals surface area (Å²) in [6, 6.07) is 24.9. The van der Waals surface area contributed by atoms with Gasteiger partial charge in [0.15, 0.2) is 23.2 Å². The van der Waals surface area contributed by atoms with Crippen molar-refractivity contribution in [1.29, 1.82) is 15.8 Å². The van der Waals surface area contributed by atoms with Gasteiger partial charge in [-0.25, -0.2) is 53.0 Å². The van der Waals surface area contributed by atoms with Crippen LogP contribution in [0.4, 0.5) is 30.6 Å². The summed E-state index contributed by atoms with van der Waals surface area (Å²) in [6.07, 6.45) is 13.2. The third-order valence-corrected chi connectivity index (χ3v) is 16.0. The Bertz CT molecular complexity index is 4930. The molecule has 486 valence electrons. The van der Waals surface area contributed by atoms with Crippen LogP contribution in [-0.2, 0) is 39.6 Å². The molecule has 1 aliphatic rings. The number of aromatic amines is 1. The summed E-state index contributed by atoms with van der Waals surface area (Å²) >= 11 is 9.71. The molecule has 13 rings (SSSR count). The highest BCUT2D eigenvalue weighted by Crippen LogP contribution is 2.39. The maximum atomic E-state index is 14.2. The van der Waals surface area contributed by atoms with Crippen molar-refractivity contribution in [3.8, 4) is 81.0 Å². The van der Waals surface area contributed by atoms with E-state index in [9.17, 15) is 23.7 Å². The molecular weight excluding hydrogens is 1440 g/mol. The minimum absolute atomic E-state index is 0.128. The number of fused-ring (bicyclic) bond motifs is 7. The minimum Gasteiger partial charge on any atom is -0.482 e. The Labute approximate surface area is 571 Å². The first-order valence-electron chi connectivity index (χ1n) is 28.7. The first-order valence-corrected chi connectivity index (χ1v) is 31.5. The van der Waals surface area contributed by atoms with Crippen LogP contribution in [0.2, 0.25) is 0 Å². The lowest BCUT2D eigenvalue weighted by Gasteiger charge is -2.21. The van der Waals surface area contributed by atoms with Crippen molar-refractivity contribution in [2.75, 3.05) is 17.2 Å². The molecule has 26 nitrogen and oxygen atoms in total. The summed E-state index contributed by atoms with van der Waals surface area (Å²) in [4.78, 5) is 36.8. The highest BCUT2D eigenvalue weighted by Gasteiger charge is 2.27. The SMILES string of the molecule is CC(Oc1nc(Br)cnc1N)c1cc(F)ccc1-c1ncc[nH]1.CC(Oc1nc(Br)cnc1N)c1cc(F)ccc1-c1nccn1Cc1cc(C#N)n(C)n1.CC1Oc2cc(cnc2N)-c2c(nn(C)c2C#N)Cn2ccnc2-c2ccc(F)cc21.Cn1nc(CBr)cc1C#N. The van der Waals surface area contributed by atoms with E-state index >= 15 is 0 Å². The number of imidazole rings is 3. The summed E-state index contributed by atoms with van der Waals surface area (Å²) in [5, 5.41) is 41.1. The molecule has 3 unspecified atom stereocenters. The van der Waals surface area contributed by atoms with Crippen molar-refractivity contribution in [3.63, 3.8) is 0 Å². The second-order valence-corrected chi connectivity index (χ2v) is 23.3. The molecule has 96 heavy (non-hydrogen) atoms. The van der Waals surface area contributed by atoms with Gasteiger partial charge >= 0.3 is 0 Å². The topological polar surface area (TPSA) is 359 Å². The largest absolute Gasteiger partial charge is 0.482 e. The number of ether oxygens (including phenoxy) is 3. The van der Waals surface area contributed by atoms with E-state index in [2.05, 4.69) is 120 Å². The van der Waals surface area contributed by atoms with Crippen molar-refractivity contribution >= 4 is 65.2 Å². The molecule has 10 heterocycles. The van der Waals surface area contributed by atoms with Gasteiger partial charge in [0.2, 0.25) is 0 Å². The summed E-state index contributed by atoms with van der Waals surface area (Å²) in [6.45, 7) is 6.13. The molecule has 9 aromatic heterocycles. The number of halogens is 6. The van der Waals surface area contributed by atoms with Gasteiger partial charge in [-0.2, -0.15) is 31.1 Å². The van der Waals surface area contributed by atoms with Crippen molar-refractivity contribution < 1.29 is 27.4 Å². The Kier molecular flexibility index (Phi) is 21.0. The Balaban J connectivity index is 0.000000147. The standard InChI is InChI=1S/C22H18FN7O.C21H18BrFN8O.C15H13BrFN5O.C6H6BrN3/c1-12-16-8-14(23)3-4-15(16)22-26-5-6-30(22)11-17-20(18(9-24)29(2)28-17)13-7-19(31-12)21(25)27-10-13;1-12(32-21-19(25)27-10-18(22)28-21)17-7-13(23)3-4-16(17)20-26-5-6-31(20)11-14-8-15(9-24)30(2)29-14;1-8(23-15-13(18)21-7-12(16)22-15)11-6-9(17)2-3-10(11)14-19-4-5-20-14;1-10-6(4-8)2-5(3-7)9-10/h3-8,10,12H,11H2,1-2H3,(H2,25,27);3-8,10,12H,11H2,1-2H3,(H2,25,27);2-8H,1H3,(H2,18,21)(H,19,20);2H,3H2,1H3. The number of nitriles is 3. The predicted octanol–water partition coefficient (Wildman–Crippen LogP) is 11.7. The Morgan fingerprint density at radius 1 is 0.646 bits per heavy atom. The Morgan fingerprint density at radius 3 is 1.79 bits per heavy atom. The number of pyridine rings is 1. The quantitative estimate of drug-likeness (QED) is 0.0874. The number of nitrogens with zero attached hydrogens (tertiary/aromatic N) is 19. The normalized spacial score (nSPS) is 12.6. The van der Waals surface area contributed by atoms with Crippen LogP contribution in [0.25, 0.3) is 45.3 Å². The minimum atomic E-state index is -0.600. The molecule has 0 saturated carbocycles. The van der Waals surface area contributed by atoms with Crippen LogP contribution in [0, 0.1) is 51.4 Å². The zero-order valence-electron chi connectivity index (χ0n) is 51.7. The van der Waals surface area contributed by atoms with Crippen molar-refractivity contribution in [1.82, 2.24) is 83.3 Å². The number of benzene rings is 3. The number of nitrogens with two attached hydrogens (primary N) is 3. The second-order valence-electron chi connectivity index (χ2n) is 21.1. The lowest BCUT2D eigenvalue weighted by Crippen LogP contribution is -2.11. The molecule has 1 aliphatic heterocycles. The fourth-order valence-corrected chi connectivity index (χ4v) is 11.0. The Hall–Kier alpha value is -11.3. The predicted molar refractivity (Wildman–Crippen MR) is 357 cm³/mol. The third kappa shape index (κ3) is 15.4. The Morgan fingerprint density at radius 2 is 1.21 bits per heavy atom. The van der Waals surface area contributed by atoms with Gasteiger partial charge in [0.1, 0.15) is 97.7 Å². The van der Waals surface area contributed by atoms with Gasteiger partial charge in [0.25, 0.3) is 11.8 Å². The number of H-pyrrole nitrogens is 1. The number of anilines is 3. The maximum Gasteiger partial charge on any atom is 0.258 e. The fourth-order valence-electron chi connectivity index (χ4n) is 10.2. The molecule has 0 radical (unpaired) electrons. The van der Waals surface area contributed by atoms with Crippen molar-refractivity contribution in [2.24, 2.45) is 21.1 Å². The molecule has 3 atom stereocenters. The third-order valence-electron chi connectivity index (χ3n) is 14.7. The number of alkyl halides is 1. The molecular formula is C64H55Br3F3N23O3. The van der Waals surface area contributed by atoms with Crippen LogP contribution >= 0.6 is 47.8 Å². The van der Waals surface area contributed by atoms with Crippen LogP contribution in [0.3, 0.4) is 0 Å². The summed E-state index contributed by atoms with van der Waals surface area (Å²) in [5.41, 5.74) is 26.7. The lowest BCUT2D eigenvalue weighted by molar-refractivity contribution is 0.217. The molecule has 2 bridgehead atoms. The van der Waals surface area contributed by atoms with E-state index < -0.39 is 24.1 Å². The molecule has 12 aromatic rings. The fraction of sp³-hybridized carbons (Fsp3) is 0.188. The molecule has 0 spiro atoms. The first-order chi connectivity index (χ1) is 46.1. The summed E-state index contributed by atoms with van der Waals surface area (Å²) in [5.74, 6) is 1.91. The number of aryl methyl sites for hydroxylation is 3.